The molecule has 3 rings (SSSR count). The van der Waals surface area contributed by atoms with Gasteiger partial charge < -0.3 is 19.9 Å². The fourth-order valence-electron chi connectivity index (χ4n) is 3.88. The van der Waals surface area contributed by atoms with Crippen molar-refractivity contribution in [3.8, 4) is 0 Å². The molecule has 1 amide bonds. The van der Waals surface area contributed by atoms with Crippen molar-refractivity contribution in [3.05, 3.63) is 0 Å². The molecule has 5 heteroatoms. The largest absolute Gasteiger partial charge is 0.377 e. The Morgan fingerprint density at radius 1 is 1.00 bits per heavy atom. The molecule has 1 atom stereocenters. The van der Waals surface area contributed by atoms with E-state index in [1.54, 1.807) is 0 Å². The maximum atomic E-state index is 12.5. The van der Waals surface area contributed by atoms with Crippen molar-refractivity contribution in [2.45, 2.75) is 57.1 Å². The zero-order valence-electron chi connectivity index (χ0n) is 13.8. The van der Waals surface area contributed by atoms with Crippen LogP contribution in [0.4, 0.5) is 0 Å². The maximum absolute atomic E-state index is 12.5. The minimum absolute atomic E-state index is 0.0707. The number of hydrogen-bond acceptors (Lipinski definition) is 4. The van der Waals surface area contributed by atoms with E-state index in [0.717, 1.165) is 52.0 Å². The number of rotatable bonds is 5. The van der Waals surface area contributed by atoms with Gasteiger partial charge in [0.25, 0.3) is 0 Å². The molecule has 3 saturated heterocycles. The Labute approximate surface area is 134 Å². The molecule has 0 saturated carbocycles. The van der Waals surface area contributed by atoms with E-state index in [9.17, 15) is 4.79 Å². The molecule has 0 radical (unpaired) electrons. The lowest BCUT2D eigenvalue weighted by molar-refractivity contribution is -0.136. The predicted molar refractivity (Wildman–Crippen MR) is 86.9 cm³/mol. The fourth-order valence-corrected chi connectivity index (χ4v) is 3.88. The third kappa shape index (κ3) is 4.43. The van der Waals surface area contributed by atoms with E-state index in [2.05, 4.69) is 10.2 Å². The molecule has 5 nitrogen and oxygen atoms in total. The van der Waals surface area contributed by atoms with Crippen LogP contribution in [0.2, 0.25) is 0 Å². The third-order valence-corrected chi connectivity index (χ3v) is 5.32. The quantitative estimate of drug-likeness (QED) is 0.830. The number of ether oxygens (including phenoxy) is 1. The van der Waals surface area contributed by atoms with Gasteiger partial charge >= 0.3 is 0 Å². The highest BCUT2D eigenvalue weighted by atomic mass is 16.5. The second kappa shape index (κ2) is 8.27. The van der Waals surface area contributed by atoms with Gasteiger partial charge in [-0.1, -0.05) is 6.42 Å². The number of nitrogens with one attached hydrogen (secondary N) is 1. The molecular formula is C17H31N3O2. The van der Waals surface area contributed by atoms with Crippen LogP contribution in [0, 0.1) is 0 Å². The van der Waals surface area contributed by atoms with Gasteiger partial charge in [-0.05, 0) is 58.2 Å². The lowest BCUT2D eigenvalue weighted by atomic mass is 10.0. The Bertz CT molecular complexity index is 344. The second-order valence-corrected chi connectivity index (χ2v) is 6.95. The van der Waals surface area contributed by atoms with Crippen molar-refractivity contribution >= 4 is 5.91 Å². The molecule has 3 aliphatic rings. The minimum Gasteiger partial charge on any atom is -0.377 e. The van der Waals surface area contributed by atoms with Crippen molar-refractivity contribution in [2.75, 3.05) is 45.9 Å². The van der Waals surface area contributed by atoms with Crippen LogP contribution in [0.3, 0.4) is 0 Å². The van der Waals surface area contributed by atoms with E-state index >= 15 is 0 Å². The van der Waals surface area contributed by atoms with Gasteiger partial charge in [0.1, 0.15) is 0 Å². The summed E-state index contributed by atoms with van der Waals surface area (Å²) in [7, 11) is 0. The smallest absolute Gasteiger partial charge is 0.239 e. The molecule has 3 heterocycles. The molecule has 3 fully saturated rings. The van der Waals surface area contributed by atoms with E-state index in [4.69, 9.17) is 4.74 Å². The van der Waals surface area contributed by atoms with Crippen molar-refractivity contribution in [2.24, 2.45) is 0 Å². The summed E-state index contributed by atoms with van der Waals surface area (Å²) in [5, 5.41) is 3.36. The molecule has 0 unspecified atom stereocenters. The lowest BCUT2D eigenvalue weighted by Gasteiger charge is -2.35. The molecule has 3 aliphatic heterocycles. The van der Waals surface area contributed by atoms with Crippen LogP contribution in [-0.4, -0.2) is 73.7 Å². The highest BCUT2D eigenvalue weighted by molar-refractivity contribution is 5.82. The number of likely N-dealkylation sites (tertiary alicyclic amines) is 2. The van der Waals surface area contributed by atoms with Gasteiger partial charge in [-0.2, -0.15) is 0 Å². The Balaban J connectivity index is 1.32. The van der Waals surface area contributed by atoms with Gasteiger partial charge in [-0.25, -0.2) is 0 Å². The minimum atomic E-state index is 0.0707. The molecule has 126 valence electrons. The molecule has 0 spiro atoms. The first-order chi connectivity index (χ1) is 10.8. The molecule has 0 aliphatic carbocycles. The lowest BCUT2D eigenvalue weighted by Crippen LogP contribution is -2.51. The number of piperidine rings is 2. The van der Waals surface area contributed by atoms with Crippen LogP contribution >= 0.6 is 0 Å². The zero-order chi connectivity index (χ0) is 15.2. The van der Waals surface area contributed by atoms with Gasteiger partial charge in [0.05, 0.1) is 18.8 Å². The van der Waals surface area contributed by atoms with Crippen molar-refractivity contribution < 1.29 is 9.53 Å². The zero-order valence-corrected chi connectivity index (χ0v) is 13.8. The summed E-state index contributed by atoms with van der Waals surface area (Å²) in [5.74, 6) is 0.315. The number of carbonyl (C=O) groups excluding carboxylic acids is 1. The Hall–Kier alpha value is -0.650. The normalized spacial score (nSPS) is 28.2. The summed E-state index contributed by atoms with van der Waals surface area (Å²) >= 11 is 0. The third-order valence-electron chi connectivity index (χ3n) is 5.32. The monoisotopic (exact) mass is 309 g/mol. The van der Waals surface area contributed by atoms with Crippen LogP contribution in [-0.2, 0) is 9.53 Å². The summed E-state index contributed by atoms with van der Waals surface area (Å²) in [5.41, 5.74) is 0. The summed E-state index contributed by atoms with van der Waals surface area (Å²) in [6, 6.07) is 0.0707. The predicted octanol–water partition coefficient (Wildman–Crippen LogP) is 1.23. The summed E-state index contributed by atoms with van der Waals surface area (Å²) in [6.07, 6.45) is 8.43. The van der Waals surface area contributed by atoms with Gasteiger partial charge in [-0.15, -0.1) is 0 Å². The van der Waals surface area contributed by atoms with E-state index in [1.165, 1.54) is 38.8 Å². The molecule has 22 heavy (non-hydrogen) atoms. The maximum Gasteiger partial charge on any atom is 0.239 e. The standard InChI is InChI=1S/C17H31N3O2/c21-17(16-5-1-2-8-18-16)20-11-6-15(7-12-20)22-14-13-19-9-3-4-10-19/h15-16,18H,1-14H2/t16-/m1/s1. The van der Waals surface area contributed by atoms with E-state index in [-0.39, 0.29) is 6.04 Å². The van der Waals surface area contributed by atoms with Crippen LogP contribution in [0.5, 0.6) is 0 Å². The average molecular weight is 309 g/mol. The van der Waals surface area contributed by atoms with Crippen LogP contribution in [0.25, 0.3) is 0 Å². The van der Waals surface area contributed by atoms with Gasteiger partial charge in [0.15, 0.2) is 0 Å². The first-order valence-electron chi connectivity index (χ1n) is 9.19. The number of amides is 1. The molecule has 0 aromatic carbocycles. The number of nitrogens with zero attached hydrogens (tertiary/aromatic N) is 2. The van der Waals surface area contributed by atoms with Gasteiger partial charge in [0.2, 0.25) is 5.91 Å². The van der Waals surface area contributed by atoms with E-state index in [1.807, 2.05) is 4.90 Å². The first kappa shape index (κ1) is 16.2. The highest BCUT2D eigenvalue weighted by Crippen LogP contribution is 2.17. The van der Waals surface area contributed by atoms with Crippen LogP contribution < -0.4 is 5.32 Å². The van der Waals surface area contributed by atoms with Crippen molar-refractivity contribution in [1.82, 2.24) is 15.1 Å². The Morgan fingerprint density at radius 2 is 1.77 bits per heavy atom. The molecule has 1 N–H and O–H groups in total. The van der Waals surface area contributed by atoms with Crippen LogP contribution in [0.1, 0.15) is 44.9 Å². The van der Waals surface area contributed by atoms with Gasteiger partial charge in [-0.3, -0.25) is 4.79 Å². The van der Waals surface area contributed by atoms with E-state index < -0.39 is 0 Å². The average Bonchev–Trinajstić information content (AvgIpc) is 3.09. The Kier molecular flexibility index (Phi) is 6.10. The summed E-state index contributed by atoms with van der Waals surface area (Å²) in [4.78, 5) is 17.0. The number of carbonyl (C=O) groups is 1. The SMILES string of the molecule is O=C([C@H]1CCCCN1)N1CCC(OCCN2CCCC2)CC1. The topological polar surface area (TPSA) is 44.8 Å². The molecular weight excluding hydrogens is 278 g/mol. The highest BCUT2D eigenvalue weighted by Gasteiger charge is 2.29. The summed E-state index contributed by atoms with van der Waals surface area (Å²) in [6.45, 7) is 7.13. The first-order valence-corrected chi connectivity index (χ1v) is 9.19. The molecule has 0 bridgehead atoms. The van der Waals surface area contributed by atoms with E-state index in [0.29, 0.717) is 12.0 Å². The molecule has 0 aromatic rings. The fraction of sp³-hybridized carbons (Fsp3) is 0.941. The van der Waals surface area contributed by atoms with Crippen molar-refractivity contribution in [1.29, 1.82) is 0 Å². The second-order valence-electron chi connectivity index (χ2n) is 6.95. The molecule has 0 aromatic heterocycles. The van der Waals surface area contributed by atoms with Gasteiger partial charge in [0, 0.05) is 19.6 Å². The Morgan fingerprint density at radius 3 is 2.45 bits per heavy atom. The summed E-state index contributed by atoms with van der Waals surface area (Å²) < 4.78 is 6.02. The number of hydrogen-bond donors (Lipinski definition) is 1. The van der Waals surface area contributed by atoms with Crippen LogP contribution in [0.15, 0.2) is 0 Å². The van der Waals surface area contributed by atoms with Crippen molar-refractivity contribution in [3.63, 3.8) is 0 Å².